The van der Waals surface area contributed by atoms with Crippen molar-refractivity contribution in [1.82, 2.24) is 5.43 Å². The second-order valence-corrected chi connectivity index (χ2v) is 4.04. The van der Waals surface area contributed by atoms with E-state index in [1.807, 2.05) is 26.0 Å². The predicted octanol–water partition coefficient (Wildman–Crippen LogP) is 1.86. The molecule has 1 atom stereocenters. The number of carbonyl (C=O) groups excluding carboxylic acids is 1. The molecule has 1 aliphatic heterocycles. The van der Waals surface area contributed by atoms with Gasteiger partial charge >= 0.3 is 6.09 Å². The van der Waals surface area contributed by atoms with E-state index < -0.39 is 12.5 Å². The average molecular weight is 252 g/mol. The summed E-state index contributed by atoms with van der Waals surface area (Å²) in [5.74, 6) is 0.576. The van der Waals surface area contributed by atoms with Gasteiger partial charge in [0.2, 0.25) is 0 Å². The summed E-state index contributed by atoms with van der Waals surface area (Å²) in [7, 11) is 1.54. The second kappa shape index (κ2) is 5.24. The summed E-state index contributed by atoms with van der Waals surface area (Å²) in [5.41, 5.74) is 3.41. The lowest BCUT2D eigenvalue weighted by atomic mass is 10.3. The number of anilines is 1. The Kier molecular flexibility index (Phi) is 3.69. The Hall–Kier alpha value is -1.79. The molecule has 6 nitrogen and oxygen atoms in total. The van der Waals surface area contributed by atoms with Gasteiger partial charge in [-0.3, -0.25) is 0 Å². The van der Waals surface area contributed by atoms with Gasteiger partial charge in [0.05, 0.1) is 13.2 Å². The molecule has 1 heterocycles. The molecule has 2 rings (SSSR count). The molecule has 0 spiro atoms. The van der Waals surface area contributed by atoms with Gasteiger partial charge in [0.25, 0.3) is 6.41 Å². The van der Waals surface area contributed by atoms with Crippen LogP contribution in [-0.2, 0) is 9.47 Å². The van der Waals surface area contributed by atoms with Gasteiger partial charge in [-0.15, -0.1) is 0 Å². The summed E-state index contributed by atoms with van der Waals surface area (Å²) in [4.78, 5) is 11.7. The Balaban J connectivity index is 2.16. The Morgan fingerprint density at radius 3 is 2.78 bits per heavy atom. The van der Waals surface area contributed by atoms with E-state index in [-0.39, 0.29) is 6.10 Å². The van der Waals surface area contributed by atoms with Gasteiger partial charge in [0.15, 0.2) is 0 Å². The molecule has 0 aromatic heterocycles. The van der Waals surface area contributed by atoms with E-state index >= 15 is 0 Å². The third-order valence-corrected chi connectivity index (χ3v) is 2.35. The third-order valence-electron chi connectivity index (χ3n) is 2.35. The van der Waals surface area contributed by atoms with Gasteiger partial charge in [-0.25, -0.2) is 9.80 Å². The van der Waals surface area contributed by atoms with Gasteiger partial charge < -0.3 is 14.2 Å². The Morgan fingerprint density at radius 2 is 2.11 bits per heavy atom. The number of ether oxygens (including phenoxy) is 3. The standard InChI is InChI=1S/C12H16N2O4/c1-8(2)17-11-13-14(12(15)18-11)9-6-4-5-7-10(9)16-3/h4-8,11,13H,1-3H3. The average Bonchev–Trinajstić information content (AvgIpc) is 2.69. The number of cyclic esters (lactones) is 1. The van der Waals surface area contributed by atoms with E-state index in [4.69, 9.17) is 14.2 Å². The zero-order valence-electron chi connectivity index (χ0n) is 10.5. The van der Waals surface area contributed by atoms with Crippen LogP contribution in [0.3, 0.4) is 0 Å². The van der Waals surface area contributed by atoms with Crippen LogP contribution in [0.5, 0.6) is 5.75 Å². The lowest BCUT2D eigenvalue weighted by Crippen LogP contribution is -2.39. The highest BCUT2D eigenvalue weighted by Crippen LogP contribution is 2.29. The van der Waals surface area contributed by atoms with Crippen molar-refractivity contribution in [3.8, 4) is 5.75 Å². The molecule has 0 aliphatic carbocycles. The zero-order valence-corrected chi connectivity index (χ0v) is 10.5. The number of hydrazine groups is 1. The van der Waals surface area contributed by atoms with Gasteiger partial charge in [-0.1, -0.05) is 12.1 Å². The summed E-state index contributed by atoms with van der Waals surface area (Å²) in [6, 6.07) is 7.15. The van der Waals surface area contributed by atoms with E-state index in [0.717, 1.165) is 0 Å². The highest BCUT2D eigenvalue weighted by atomic mass is 16.7. The maximum atomic E-state index is 11.7. The molecule has 98 valence electrons. The number of carbonyl (C=O) groups is 1. The summed E-state index contributed by atoms with van der Waals surface area (Å²) in [5, 5.41) is 1.27. The summed E-state index contributed by atoms with van der Waals surface area (Å²) >= 11 is 0. The monoisotopic (exact) mass is 252 g/mol. The number of rotatable bonds is 4. The minimum Gasteiger partial charge on any atom is -0.495 e. The lowest BCUT2D eigenvalue weighted by Gasteiger charge is -2.17. The fourth-order valence-corrected chi connectivity index (χ4v) is 1.62. The maximum Gasteiger partial charge on any atom is 0.432 e. The van der Waals surface area contributed by atoms with Crippen molar-refractivity contribution in [2.45, 2.75) is 26.4 Å². The van der Waals surface area contributed by atoms with Crippen molar-refractivity contribution in [3.05, 3.63) is 24.3 Å². The number of nitrogens with zero attached hydrogens (tertiary/aromatic N) is 1. The third kappa shape index (κ3) is 2.55. The first kappa shape index (κ1) is 12.7. The zero-order chi connectivity index (χ0) is 13.1. The second-order valence-electron chi connectivity index (χ2n) is 4.04. The number of hydrogen-bond acceptors (Lipinski definition) is 5. The SMILES string of the molecule is COc1ccccc1N1NC(OC(C)C)OC1=O. The minimum atomic E-state index is -0.776. The molecule has 0 radical (unpaired) electrons. The first-order chi connectivity index (χ1) is 8.61. The van der Waals surface area contributed by atoms with Crippen molar-refractivity contribution in [3.63, 3.8) is 0 Å². The quantitative estimate of drug-likeness (QED) is 0.886. The molecule has 6 heteroatoms. The molecule has 1 saturated heterocycles. The van der Waals surface area contributed by atoms with E-state index in [2.05, 4.69) is 5.43 Å². The number of hydrogen-bond donors (Lipinski definition) is 1. The summed E-state index contributed by atoms with van der Waals surface area (Å²) < 4.78 is 15.6. The predicted molar refractivity (Wildman–Crippen MR) is 65.1 cm³/mol. The smallest absolute Gasteiger partial charge is 0.432 e. The molecule has 0 bridgehead atoms. The Labute approximate surface area is 105 Å². The highest BCUT2D eigenvalue weighted by Gasteiger charge is 2.34. The molecule has 1 N–H and O–H groups in total. The largest absolute Gasteiger partial charge is 0.495 e. The van der Waals surface area contributed by atoms with Crippen LogP contribution in [0, 0.1) is 0 Å². The number of benzene rings is 1. The van der Waals surface area contributed by atoms with Gasteiger partial charge in [0.1, 0.15) is 11.4 Å². The number of amides is 1. The fraction of sp³-hybridized carbons (Fsp3) is 0.417. The number of para-hydroxylation sites is 2. The summed E-state index contributed by atoms with van der Waals surface area (Å²) in [6.45, 7) is 3.72. The van der Waals surface area contributed by atoms with Crippen LogP contribution >= 0.6 is 0 Å². The molecule has 1 aliphatic rings. The molecule has 18 heavy (non-hydrogen) atoms. The van der Waals surface area contributed by atoms with Crippen molar-refractivity contribution in [1.29, 1.82) is 0 Å². The van der Waals surface area contributed by atoms with Crippen LogP contribution in [-0.4, -0.2) is 25.7 Å². The van der Waals surface area contributed by atoms with Crippen LogP contribution in [0.4, 0.5) is 10.5 Å². The highest BCUT2D eigenvalue weighted by molar-refractivity contribution is 5.90. The van der Waals surface area contributed by atoms with Gasteiger partial charge in [-0.2, -0.15) is 5.43 Å². The molecular formula is C12H16N2O4. The van der Waals surface area contributed by atoms with E-state index in [1.165, 1.54) is 5.01 Å². The normalized spacial score (nSPS) is 19.2. The van der Waals surface area contributed by atoms with Gasteiger partial charge in [0, 0.05) is 0 Å². The minimum absolute atomic E-state index is 0.0482. The van der Waals surface area contributed by atoms with Crippen LogP contribution < -0.4 is 15.2 Å². The first-order valence-corrected chi connectivity index (χ1v) is 5.67. The van der Waals surface area contributed by atoms with Crippen molar-refractivity contribution in [2.24, 2.45) is 0 Å². The molecule has 1 fully saturated rings. The molecule has 1 unspecified atom stereocenters. The van der Waals surface area contributed by atoms with E-state index in [0.29, 0.717) is 11.4 Å². The molecule has 0 saturated carbocycles. The van der Waals surface area contributed by atoms with Gasteiger partial charge in [-0.05, 0) is 26.0 Å². The Morgan fingerprint density at radius 1 is 1.39 bits per heavy atom. The van der Waals surface area contributed by atoms with Crippen molar-refractivity contribution < 1.29 is 19.0 Å². The van der Waals surface area contributed by atoms with Crippen LogP contribution in [0.15, 0.2) is 24.3 Å². The number of methoxy groups -OCH3 is 1. The lowest BCUT2D eigenvalue weighted by molar-refractivity contribution is -0.122. The van der Waals surface area contributed by atoms with E-state index in [1.54, 1.807) is 19.2 Å². The topological polar surface area (TPSA) is 60.0 Å². The van der Waals surface area contributed by atoms with Crippen molar-refractivity contribution in [2.75, 3.05) is 12.1 Å². The molecule has 1 aromatic rings. The fourth-order valence-electron chi connectivity index (χ4n) is 1.62. The van der Waals surface area contributed by atoms with Crippen LogP contribution in [0.25, 0.3) is 0 Å². The Bertz CT molecular complexity index is 436. The molecule has 1 amide bonds. The summed E-state index contributed by atoms with van der Waals surface area (Å²) in [6.07, 6.45) is -1.35. The van der Waals surface area contributed by atoms with E-state index in [9.17, 15) is 4.79 Å². The van der Waals surface area contributed by atoms with Crippen LogP contribution in [0.1, 0.15) is 13.8 Å². The number of nitrogens with one attached hydrogen (secondary N) is 1. The van der Waals surface area contributed by atoms with Crippen LogP contribution in [0.2, 0.25) is 0 Å². The van der Waals surface area contributed by atoms with Crippen molar-refractivity contribution >= 4 is 11.8 Å². The molecule has 1 aromatic carbocycles. The molecular weight excluding hydrogens is 236 g/mol. The first-order valence-electron chi connectivity index (χ1n) is 5.67. The maximum absolute atomic E-state index is 11.7.